The summed E-state index contributed by atoms with van der Waals surface area (Å²) in [5.74, 6) is 0.697. The van der Waals surface area contributed by atoms with Gasteiger partial charge in [-0.1, -0.05) is 40.2 Å². The zero-order valence-electron chi connectivity index (χ0n) is 12.8. The van der Waals surface area contributed by atoms with E-state index in [4.69, 9.17) is 4.74 Å². The molecule has 0 saturated carbocycles. The second-order valence-corrected chi connectivity index (χ2v) is 6.07. The van der Waals surface area contributed by atoms with Crippen molar-refractivity contribution in [2.24, 2.45) is 0 Å². The van der Waals surface area contributed by atoms with Gasteiger partial charge in [0.15, 0.2) is 0 Å². The molecule has 24 heavy (non-hydrogen) atoms. The molecule has 3 aromatic rings. The summed E-state index contributed by atoms with van der Waals surface area (Å²) in [5.41, 5.74) is 2.56. The van der Waals surface area contributed by atoms with Crippen molar-refractivity contribution < 1.29 is 4.74 Å². The van der Waals surface area contributed by atoms with Gasteiger partial charge in [-0.3, -0.25) is 4.79 Å². The molecule has 1 heterocycles. The quantitative estimate of drug-likeness (QED) is 0.734. The molecule has 0 bridgehead atoms. The average molecular weight is 381 g/mol. The first kappa shape index (κ1) is 16.0. The van der Waals surface area contributed by atoms with Crippen LogP contribution in [0.1, 0.15) is 5.56 Å². The lowest BCUT2D eigenvalue weighted by Crippen LogP contribution is -2.12. The highest BCUT2D eigenvalue weighted by Crippen LogP contribution is 2.28. The van der Waals surface area contributed by atoms with Crippen LogP contribution in [-0.2, 0) is 0 Å². The third kappa shape index (κ3) is 3.10. The minimum absolute atomic E-state index is 0.101. The second kappa shape index (κ2) is 6.73. The van der Waals surface area contributed by atoms with E-state index >= 15 is 0 Å². The Kier molecular flexibility index (Phi) is 4.50. The van der Waals surface area contributed by atoms with Crippen LogP contribution in [0.3, 0.4) is 0 Å². The number of pyridine rings is 1. The molecule has 0 spiro atoms. The van der Waals surface area contributed by atoms with Gasteiger partial charge in [-0.25, -0.2) is 0 Å². The lowest BCUT2D eigenvalue weighted by Gasteiger charge is -2.09. The van der Waals surface area contributed by atoms with E-state index in [1.807, 2.05) is 60.7 Å². The van der Waals surface area contributed by atoms with E-state index in [2.05, 4.69) is 20.9 Å². The number of H-pyrrole nitrogens is 1. The highest BCUT2D eigenvalue weighted by Gasteiger charge is 2.12. The Hall–Kier alpha value is -2.84. The molecule has 0 saturated heterocycles. The molecule has 0 aliphatic rings. The maximum absolute atomic E-state index is 12.3. The zero-order valence-corrected chi connectivity index (χ0v) is 14.4. The molecule has 5 heteroatoms. The van der Waals surface area contributed by atoms with Gasteiger partial charge in [0.05, 0.1) is 7.11 Å². The summed E-state index contributed by atoms with van der Waals surface area (Å²) in [6.45, 7) is 0. The van der Waals surface area contributed by atoms with Crippen LogP contribution in [0.25, 0.3) is 22.4 Å². The first-order valence-corrected chi connectivity index (χ1v) is 7.99. The largest absolute Gasteiger partial charge is 0.497 e. The summed E-state index contributed by atoms with van der Waals surface area (Å²) < 4.78 is 6.16. The third-order valence-electron chi connectivity index (χ3n) is 3.68. The summed E-state index contributed by atoms with van der Waals surface area (Å²) in [6.07, 6.45) is 0. The van der Waals surface area contributed by atoms with Crippen molar-refractivity contribution in [2.45, 2.75) is 0 Å². The van der Waals surface area contributed by atoms with Gasteiger partial charge in [0.1, 0.15) is 17.4 Å². The topological polar surface area (TPSA) is 65.9 Å². The van der Waals surface area contributed by atoms with Crippen LogP contribution in [0, 0.1) is 11.3 Å². The number of methoxy groups -OCH3 is 1. The average Bonchev–Trinajstić information content (AvgIpc) is 2.61. The van der Waals surface area contributed by atoms with Crippen molar-refractivity contribution in [1.29, 1.82) is 5.26 Å². The van der Waals surface area contributed by atoms with Crippen LogP contribution in [0.2, 0.25) is 0 Å². The maximum Gasteiger partial charge on any atom is 0.266 e. The Balaban J connectivity index is 2.22. The van der Waals surface area contributed by atoms with E-state index in [1.54, 1.807) is 7.11 Å². The number of rotatable bonds is 3. The Bertz CT molecular complexity index is 985. The number of halogens is 1. The molecule has 118 valence electrons. The van der Waals surface area contributed by atoms with E-state index in [9.17, 15) is 10.1 Å². The molecule has 0 unspecified atom stereocenters. The fourth-order valence-corrected chi connectivity index (χ4v) is 2.74. The number of nitrogens with one attached hydrogen (secondary N) is 1. The van der Waals surface area contributed by atoms with Crippen LogP contribution in [0.5, 0.6) is 5.75 Å². The van der Waals surface area contributed by atoms with Crippen molar-refractivity contribution in [2.75, 3.05) is 7.11 Å². The number of hydrogen-bond donors (Lipinski definition) is 1. The van der Waals surface area contributed by atoms with Gasteiger partial charge in [-0.2, -0.15) is 5.26 Å². The first-order valence-electron chi connectivity index (χ1n) is 7.20. The molecule has 0 atom stereocenters. The van der Waals surface area contributed by atoms with Gasteiger partial charge in [-0.05, 0) is 35.9 Å². The molecule has 2 aromatic carbocycles. The SMILES string of the molecule is COc1cccc(-c2cc(-c3ccc(Br)cc3)c(C#N)c(=O)[nH]2)c1. The molecule has 1 N–H and O–H groups in total. The number of nitrogens with zero attached hydrogens (tertiary/aromatic N) is 1. The number of nitriles is 1. The Morgan fingerprint density at radius 1 is 1.08 bits per heavy atom. The van der Waals surface area contributed by atoms with E-state index < -0.39 is 5.56 Å². The van der Waals surface area contributed by atoms with E-state index in [1.165, 1.54) is 0 Å². The number of hydrogen-bond acceptors (Lipinski definition) is 3. The lowest BCUT2D eigenvalue weighted by atomic mass is 9.99. The number of aromatic nitrogens is 1. The molecule has 0 radical (unpaired) electrons. The number of aromatic amines is 1. The Morgan fingerprint density at radius 2 is 1.83 bits per heavy atom. The molecule has 1 aromatic heterocycles. The molecular weight excluding hydrogens is 368 g/mol. The molecule has 3 rings (SSSR count). The van der Waals surface area contributed by atoms with Gasteiger partial charge < -0.3 is 9.72 Å². The Morgan fingerprint density at radius 3 is 2.50 bits per heavy atom. The van der Waals surface area contributed by atoms with Crippen molar-refractivity contribution in [1.82, 2.24) is 4.98 Å². The van der Waals surface area contributed by atoms with Crippen molar-refractivity contribution in [3.05, 3.63) is 75.0 Å². The standard InChI is InChI=1S/C19H13BrN2O2/c1-24-15-4-2-3-13(9-15)18-10-16(17(11-21)19(23)22-18)12-5-7-14(20)8-6-12/h2-10H,1H3,(H,22,23). The van der Waals surface area contributed by atoms with E-state index in [0.717, 1.165) is 15.6 Å². The molecule has 4 nitrogen and oxygen atoms in total. The van der Waals surface area contributed by atoms with Crippen LogP contribution in [-0.4, -0.2) is 12.1 Å². The van der Waals surface area contributed by atoms with Crippen LogP contribution in [0.4, 0.5) is 0 Å². The highest BCUT2D eigenvalue weighted by atomic mass is 79.9. The molecule has 0 aliphatic heterocycles. The van der Waals surface area contributed by atoms with Gasteiger partial charge in [0.25, 0.3) is 5.56 Å². The summed E-state index contributed by atoms with van der Waals surface area (Å²) in [6, 6.07) is 18.7. The van der Waals surface area contributed by atoms with Crippen molar-refractivity contribution in [3.63, 3.8) is 0 Å². The van der Waals surface area contributed by atoms with Gasteiger partial charge in [-0.15, -0.1) is 0 Å². The monoisotopic (exact) mass is 380 g/mol. The third-order valence-corrected chi connectivity index (χ3v) is 4.21. The lowest BCUT2D eigenvalue weighted by molar-refractivity contribution is 0.415. The summed E-state index contributed by atoms with van der Waals surface area (Å²) in [7, 11) is 1.59. The van der Waals surface area contributed by atoms with Crippen molar-refractivity contribution in [3.8, 4) is 34.2 Å². The Labute approximate surface area is 147 Å². The fourth-order valence-electron chi connectivity index (χ4n) is 2.47. The van der Waals surface area contributed by atoms with Crippen LogP contribution < -0.4 is 10.3 Å². The predicted octanol–water partition coefficient (Wildman–Crippen LogP) is 4.35. The second-order valence-electron chi connectivity index (χ2n) is 5.15. The fraction of sp³-hybridized carbons (Fsp3) is 0.0526. The molecular formula is C19H13BrN2O2. The summed E-state index contributed by atoms with van der Waals surface area (Å²) in [4.78, 5) is 15.1. The zero-order chi connectivity index (χ0) is 17.1. The van der Waals surface area contributed by atoms with Gasteiger partial charge in [0.2, 0.25) is 0 Å². The normalized spacial score (nSPS) is 10.2. The van der Waals surface area contributed by atoms with E-state index in [0.29, 0.717) is 17.0 Å². The van der Waals surface area contributed by atoms with Gasteiger partial charge >= 0.3 is 0 Å². The molecule has 0 amide bonds. The smallest absolute Gasteiger partial charge is 0.266 e. The minimum atomic E-state index is -0.407. The minimum Gasteiger partial charge on any atom is -0.497 e. The van der Waals surface area contributed by atoms with E-state index in [-0.39, 0.29) is 5.56 Å². The predicted molar refractivity (Wildman–Crippen MR) is 96.9 cm³/mol. The van der Waals surface area contributed by atoms with Crippen molar-refractivity contribution >= 4 is 15.9 Å². The number of benzene rings is 2. The number of ether oxygens (including phenoxy) is 1. The van der Waals surface area contributed by atoms with Crippen LogP contribution >= 0.6 is 15.9 Å². The van der Waals surface area contributed by atoms with Crippen LogP contribution in [0.15, 0.2) is 63.9 Å². The molecule has 0 fully saturated rings. The molecule has 0 aliphatic carbocycles. The maximum atomic E-state index is 12.3. The summed E-state index contributed by atoms with van der Waals surface area (Å²) >= 11 is 3.39. The van der Waals surface area contributed by atoms with Gasteiger partial charge in [0, 0.05) is 21.3 Å². The summed E-state index contributed by atoms with van der Waals surface area (Å²) in [5, 5.41) is 9.36. The highest BCUT2D eigenvalue weighted by molar-refractivity contribution is 9.10. The first-order chi connectivity index (χ1) is 11.6.